The predicted octanol–water partition coefficient (Wildman–Crippen LogP) is 3.79. The number of para-hydroxylation sites is 1. The number of nitrogens with one attached hydrogen (secondary N) is 1. The van der Waals surface area contributed by atoms with E-state index in [1.54, 1.807) is 0 Å². The van der Waals surface area contributed by atoms with Gasteiger partial charge in [0.15, 0.2) is 5.58 Å². The van der Waals surface area contributed by atoms with Gasteiger partial charge in [-0.3, -0.25) is 0 Å². The minimum atomic E-state index is 0.0433. The van der Waals surface area contributed by atoms with Gasteiger partial charge in [0.25, 0.3) is 6.01 Å². The minimum absolute atomic E-state index is 0.0433. The summed E-state index contributed by atoms with van der Waals surface area (Å²) in [7, 11) is 0. The highest BCUT2D eigenvalue weighted by molar-refractivity contribution is 5.86. The van der Waals surface area contributed by atoms with E-state index in [2.05, 4.69) is 10.3 Å². The summed E-state index contributed by atoms with van der Waals surface area (Å²) in [5.74, 6) is 1.80. The fourth-order valence-electron chi connectivity index (χ4n) is 2.37. The number of anilines is 2. The number of furan rings is 1. The molecule has 0 saturated heterocycles. The van der Waals surface area contributed by atoms with Crippen LogP contribution in [-0.4, -0.2) is 4.98 Å². The molecule has 1 aromatic carbocycles. The zero-order chi connectivity index (χ0) is 14.3. The monoisotopic (exact) mass is 271 g/mol. The highest BCUT2D eigenvalue weighted by Crippen LogP contribution is 2.28. The third kappa shape index (κ3) is 2.11. The van der Waals surface area contributed by atoms with Crippen LogP contribution < -0.4 is 11.1 Å². The van der Waals surface area contributed by atoms with E-state index in [1.807, 2.05) is 45.0 Å². The average molecular weight is 271 g/mol. The van der Waals surface area contributed by atoms with Gasteiger partial charge in [0.1, 0.15) is 17.0 Å². The van der Waals surface area contributed by atoms with Crippen molar-refractivity contribution < 1.29 is 8.83 Å². The largest absolute Gasteiger partial charge is 0.466 e. The zero-order valence-electron chi connectivity index (χ0n) is 11.7. The van der Waals surface area contributed by atoms with Crippen molar-refractivity contribution in [2.24, 2.45) is 0 Å². The number of nitrogens with zero attached hydrogens (tertiary/aromatic N) is 1. The molecule has 0 amide bonds. The number of hydrogen-bond acceptors (Lipinski definition) is 5. The molecule has 3 aromatic rings. The fourth-order valence-corrected chi connectivity index (χ4v) is 2.37. The van der Waals surface area contributed by atoms with Crippen molar-refractivity contribution in [1.29, 1.82) is 0 Å². The summed E-state index contributed by atoms with van der Waals surface area (Å²) in [4.78, 5) is 4.38. The van der Waals surface area contributed by atoms with Gasteiger partial charge in [0.2, 0.25) is 0 Å². The molecule has 3 rings (SSSR count). The second-order valence-corrected chi connectivity index (χ2v) is 4.95. The normalized spacial score (nSPS) is 12.8. The van der Waals surface area contributed by atoms with Gasteiger partial charge < -0.3 is 19.9 Å². The zero-order valence-corrected chi connectivity index (χ0v) is 11.7. The minimum Gasteiger partial charge on any atom is -0.466 e. The Balaban J connectivity index is 1.89. The Kier molecular flexibility index (Phi) is 2.89. The van der Waals surface area contributed by atoms with Gasteiger partial charge in [-0.25, -0.2) is 0 Å². The summed E-state index contributed by atoms with van der Waals surface area (Å²) >= 11 is 0. The lowest BCUT2D eigenvalue weighted by molar-refractivity contribution is 0.499. The number of nitrogen functional groups attached to an aromatic ring is 1. The first kappa shape index (κ1) is 12.6. The van der Waals surface area contributed by atoms with Gasteiger partial charge in [0.05, 0.1) is 11.7 Å². The van der Waals surface area contributed by atoms with Crippen LogP contribution in [0.15, 0.2) is 33.1 Å². The third-order valence-electron chi connectivity index (χ3n) is 3.34. The average Bonchev–Trinajstić information content (AvgIpc) is 2.93. The number of aromatic nitrogens is 1. The van der Waals surface area contributed by atoms with Gasteiger partial charge in [-0.15, -0.1) is 0 Å². The molecule has 20 heavy (non-hydrogen) atoms. The molecular weight excluding hydrogens is 254 g/mol. The topological polar surface area (TPSA) is 77.2 Å². The molecule has 1 atom stereocenters. The van der Waals surface area contributed by atoms with Crippen LogP contribution in [0.25, 0.3) is 11.1 Å². The molecule has 5 nitrogen and oxygen atoms in total. The van der Waals surface area contributed by atoms with E-state index in [0.29, 0.717) is 22.8 Å². The summed E-state index contributed by atoms with van der Waals surface area (Å²) in [5.41, 5.74) is 8.95. The molecule has 0 spiro atoms. The summed E-state index contributed by atoms with van der Waals surface area (Å²) in [6, 6.07) is 8.03. The Bertz CT molecular complexity index is 758. The van der Waals surface area contributed by atoms with Gasteiger partial charge in [-0.05, 0) is 39.0 Å². The molecular formula is C15H17N3O2. The Morgan fingerprint density at radius 1 is 1.25 bits per heavy atom. The van der Waals surface area contributed by atoms with Crippen molar-refractivity contribution in [2.45, 2.75) is 26.8 Å². The Hall–Kier alpha value is -2.43. The SMILES string of the molecule is Cc1cc(C(C)Nc2nc3c(N)cccc3o2)c(C)o1. The molecule has 2 heterocycles. The molecule has 0 aliphatic rings. The molecule has 0 radical (unpaired) electrons. The maximum atomic E-state index is 5.87. The van der Waals surface area contributed by atoms with E-state index in [0.717, 1.165) is 17.1 Å². The number of nitrogens with two attached hydrogens (primary N) is 1. The number of fused-ring (bicyclic) bond motifs is 1. The highest BCUT2D eigenvalue weighted by Gasteiger charge is 2.15. The Labute approximate surface area is 116 Å². The predicted molar refractivity (Wildman–Crippen MR) is 78.6 cm³/mol. The molecule has 3 N–H and O–H groups in total. The van der Waals surface area contributed by atoms with Gasteiger partial charge in [-0.1, -0.05) is 6.07 Å². The van der Waals surface area contributed by atoms with Crippen LogP contribution >= 0.6 is 0 Å². The first-order valence-electron chi connectivity index (χ1n) is 6.53. The van der Waals surface area contributed by atoms with Gasteiger partial charge in [-0.2, -0.15) is 4.98 Å². The van der Waals surface area contributed by atoms with Crippen molar-refractivity contribution in [3.63, 3.8) is 0 Å². The fraction of sp³-hybridized carbons (Fsp3) is 0.267. The van der Waals surface area contributed by atoms with Crippen LogP contribution in [0.2, 0.25) is 0 Å². The number of oxazole rings is 1. The molecule has 2 aromatic heterocycles. The molecule has 1 unspecified atom stereocenters. The first-order valence-corrected chi connectivity index (χ1v) is 6.53. The van der Waals surface area contributed by atoms with Gasteiger partial charge in [0, 0.05) is 5.56 Å². The van der Waals surface area contributed by atoms with Crippen LogP contribution in [0, 0.1) is 13.8 Å². The van der Waals surface area contributed by atoms with E-state index in [1.165, 1.54) is 0 Å². The number of hydrogen-bond donors (Lipinski definition) is 2. The molecule has 0 fully saturated rings. The third-order valence-corrected chi connectivity index (χ3v) is 3.34. The summed E-state index contributed by atoms with van der Waals surface area (Å²) in [6.07, 6.45) is 0. The second-order valence-electron chi connectivity index (χ2n) is 4.95. The Morgan fingerprint density at radius 3 is 2.70 bits per heavy atom. The van der Waals surface area contributed by atoms with Gasteiger partial charge >= 0.3 is 0 Å². The number of aryl methyl sites for hydroxylation is 2. The van der Waals surface area contributed by atoms with E-state index in [4.69, 9.17) is 14.6 Å². The molecule has 0 aliphatic heterocycles. The summed E-state index contributed by atoms with van der Waals surface area (Å²) in [6.45, 7) is 5.92. The van der Waals surface area contributed by atoms with Crippen molar-refractivity contribution in [2.75, 3.05) is 11.1 Å². The summed E-state index contributed by atoms with van der Waals surface area (Å²) in [5, 5.41) is 3.24. The van der Waals surface area contributed by atoms with E-state index in [9.17, 15) is 0 Å². The Morgan fingerprint density at radius 2 is 2.05 bits per heavy atom. The van der Waals surface area contributed by atoms with Crippen LogP contribution in [0.1, 0.15) is 30.0 Å². The van der Waals surface area contributed by atoms with Crippen molar-refractivity contribution in [3.8, 4) is 0 Å². The summed E-state index contributed by atoms with van der Waals surface area (Å²) < 4.78 is 11.2. The van der Waals surface area contributed by atoms with Crippen LogP contribution in [0.4, 0.5) is 11.7 Å². The first-order chi connectivity index (χ1) is 9.54. The number of rotatable bonds is 3. The lowest BCUT2D eigenvalue weighted by atomic mass is 10.1. The maximum Gasteiger partial charge on any atom is 0.296 e. The van der Waals surface area contributed by atoms with Crippen LogP contribution in [-0.2, 0) is 0 Å². The lowest BCUT2D eigenvalue weighted by Gasteiger charge is -2.10. The van der Waals surface area contributed by atoms with Crippen molar-refractivity contribution >= 4 is 22.8 Å². The quantitative estimate of drug-likeness (QED) is 0.708. The smallest absolute Gasteiger partial charge is 0.296 e. The van der Waals surface area contributed by atoms with Crippen LogP contribution in [0.3, 0.4) is 0 Å². The molecule has 104 valence electrons. The molecule has 5 heteroatoms. The van der Waals surface area contributed by atoms with E-state index < -0.39 is 0 Å². The standard InChI is InChI=1S/C15H17N3O2/c1-8-7-11(10(3)19-8)9(2)17-15-18-14-12(16)5-4-6-13(14)20-15/h4-7,9H,16H2,1-3H3,(H,17,18). The van der Waals surface area contributed by atoms with E-state index >= 15 is 0 Å². The molecule has 0 saturated carbocycles. The highest BCUT2D eigenvalue weighted by atomic mass is 16.4. The van der Waals surface area contributed by atoms with E-state index in [-0.39, 0.29) is 6.04 Å². The molecule has 0 bridgehead atoms. The van der Waals surface area contributed by atoms with Crippen LogP contribution in [0.5, 0.6) is 0 Å². The second kappa shape index (κ2) is 4.59. The maximum absolute atomic E-state index is 5.87. The lowest BCUT2D eigenvalue weighted by Crippen LogP contribution is -2.06. The number of benzene rings is 1. The van der Waals surface area contributed by atoms with Crippen molar-refractivity contribution in [3.05, 3.63) is 41.3 Å². The molecule has 0 aliphatic carbocycles. The van der Waals surface area contributed by atoms with Crippen molar-refractivity contribution in [1.82, 2.24) is 4.98 Å².